The van der Waals surface area contributed by atoms with Gasteiger partial charge in [-0.05, 0) is 37.9 Å². The number of nitrogens with zero attached hydrogens (tertiary/aromatic N) is 3. The van der Waals surface area contributed by atoms with Crippen LogP contribution in [0.3, 0.4) is 0 Å². The van der Waals surface area contributed by atoms with Crippen LogP contribution in [0.4, 0.5) is 0 Å². The quantitative estimate of drug-likeness (QED) is 0.650. The molecule has 7 heteroatoms. The molecule has 160 valence electrons. The first-order chi connectivity index (χ1) is 14.0. The largest absolute Gasteiger partial charge is 0.493 e. The molecule has 29 heavy (non-hydrogen) atoms. The zero-order chi connectivity index (χ0) is 20.6. The van der Waals surface area contributed by atoms with Crippen LogP contribution in [-0.2, 0) is 13.1 Å². The van der Waals surface area contributed by atoms with Crippen molar-refractivity contribution in [1.82, 2.24) is 14.7 Å². The van der Waals surface area contributed by atoms with Gasteiger partial charge in [0, 0.05) is 51.4 Å². The van der Waals surface area contributed by atoms with Gasteiger partial charge in [0.25, 0.3) is 0 Å². The summed E-state index contributed by atoms with van der Waals surface area (Å²) >= 11 is 0. The number of piperazine rings is 1. The number of likely N-dealkylation sites (N-methyl/N-ethyl adjacent to an activating group) is 1. The minimum absolute atomic E-state index is 0.247. The van der Waals surface area contributed by atoms with Crippen molar-refractivity contribution in [3.63, 3.8) is 0 Å². The van der Waals surface area contributed by atoms with Gasteiger partial charge in [-0.15, -0.1) is 0 Å². The van der Waals surface area contributed by atoms with E-state index >= 15 is 0 Å². The third-order valence-electron chi connectivity index (χ3n) is 5.21. The van der Waals surface area contributed by atoms with Crippen LogP contribution in [-0.4, -0.2) is 86.4 Å². The van der Waals surface area contributed by atoms with E-state index in [0.717, 1.165) is 50.4 Å². The lowest BCUT2D eigenvalue weighted by Gasteiger charge is -2.33. The molecule has 0 amide bonds. The molecule has 1 fully saturated rings. The summed E-state index contributed by atoms with van der Waals surface area (Å²) in [5, 5.41) is 10.4. The van der Waals surface area contributed by atoms with Crippen molar-refractivity contribution < 1.29 is 19.0 Å². The van der Waals surface area contributed by atoms with Gasteiger partial charge in [-0.2, -0.15) is 0 Å². The van der Waals surface area contributed by atoms with Crippen LogP contribution in [0.2, 0.25) is 0 Å². The molecule has 1 aromatic carbocycles. The average molecular weight is 404 g/mol. The molecule has 7 nitrogen and oxygen atoms in total. The van der Waals surface area contributed by atoms with Gasteiger partial charge in [0.05, 0.1) is 19.6 Å². The van der Waals surface area contributed by atoms with Gasteiger partial charge in [-0.25, -0.2) is 0 Å². The van der Waals surface area contributed by atoms with Crippen molar-refractivity contribution in [2.75, 3.05) is 60.5 Å². The maximum absolute atomic E-state index is 10.4. The number of aliphatic hydroxyl groups is 1. The van der Waals surface area contributed by atoms with Crippen molar-refractivity contribution >= 4 is 0 Å². The first-order valence-corrected chi connectivity index (χ1v) is 10.1. The van der Waals surface area contributed by atoms with Gasteiger partial charge in [-0.1, -0.05) is 6.07 Å². The normalized spacial score (nSPS) is 16.9. The Kier molecular flexibility index (Phi) is 7.94. The Morgan fingerprint density at radius 2 is 1.86 bits per heavy atom. The fraction of sp³-hybridized carbons (Fsp3) is 0.545. The van der Waals surface area contributed by atoms with Crippen molar-refractivity contribution in [2.24, 2.45) is 0 Å². The first kappa shape index (κ1) is 21.6. The summed E-state index contributed by atoms with van der Waals surface area (Å²) in [4.78, 5) is 6.80. The molecule has 0 radical (unpaired) electrons. The summed E-state index contributed by atoms with van der Waals surface area (Å²) in [6.07, 6.45) is 2.92. The molecule has 1 atom stereocenters. The third-order valence-corrected chi connectivity index (χ3v) is 5.21. The van der Waals surface area contributed by atoms with Crippen molar-refractivity contribution in [2.45, 2.75) is 19.2 Å². The number of methoxy groups -OCH3 is 1. The lowest BCUT2D eigenvalue weighted by Crippen LogP contribution is -2.47. The standard InChI is InChI=1S/C22H33N3O4/c1-23-7-9-25(10-8-23)15-20(26)17-29-22-12-18(4-5-21(22)27-3)13-24(2)14-19-6-11-28-16-19/h4-6,11-12,16,20,26H,7-10,13-15,17H2,1-3H3/t20-/m0/s1. The maximum Gasteiger partial charge on any atom is 0.161 e. The fourth-order valence-electron chi connectivity index (χ4n) is 3.56. The van der Waals surface area contributed by atoms with Crippen LogP contribution in [0.1, 0.15) is 11.1 Å². The minimum atomic E-state index is -0.532. The van der Waals surface area contributed by atoms with Crippen LogP contribution in [0.25, 0.3) is 0 Å². The summed E-state index contributed by atoms with van der Waals surface area (Å²) in [5.74, 6) is 1.34. The van der Waals surface area contributed by atoms with E-state index in [-0.39, 0.29) is 6.61 Å². The fourth-order valence-corrected chi connectivity index (χ4v) is 3.56. The first-order valence-electron chi connectivity index (χ1n) is 10.1. The van der Waals surface area contributed by atoms with Gasteiger partial charge in [0.15, 0.2) is 11.5 Å². The Balaban J connectivity index is 1.52. The van der Waals surface area contributed by atoms with Crippen molar-refractivity contribution in [3.8, 4) is 11.5 Å². The Morgan fingerprint density at radius 1 is 1.10 bits per heavy atom. The molecule has 0 spiro atoms. The highest BCUT2D eigenvalue weighted by Gasteiger charge is 2.18. The summed E-state index contributed by atoms with van der Waals surface area (Å²) in [6.45, 7) is 6.49. The molecular weight excluding hydrogens is 370 g/mol. The van der Waals surface area contributed by atoms with E-state index in [1.807, 2.05) is 24.3 Å². The molecule has 0 aliphatic carbocycles. The van der Waals surface area contributed by atoms with E-state index in [9.17, 15) is 5.11 Å². The van der Waals surface area contributed by atoms with Crippen LogP contribution in [0.5, 0.6) is 11.5 Å². The summed E-state index contributed by atoms with van der Waals surface area (Å²) in [7, 11) is 5.83. The second-order valence-electron chi connectivity index (χ2n) is 7.86. The number of hydrogen-bond acceptors (Lipinski definition) is 7. The molecule has 1 aliphatic heterocycles. The number of rotatable bonds is 10. The molecule has 2 aromatic rings. The summed E-state index contributed by atoms with van der Waals surface area (Å²) in [5.41, 5.74) is 2.27. The number of aliphatic hydroxyl groups excluding tert-OH is 1. The molecule has 2 heterocycles. The highest BCUT2D eigenvalue weighted by atomic mass is 16.5. The van der Waals surface area contributed by atoms with Gasteiger partial charge < -0.3 is 23.9 Å². The lowest BCUT2D eigenvalue weighted by atomic mass is 10.2. The highest BCUT2D eigenvalue weighted by Crippen LogP contribution is 2.29. The Bertz CT molecular complexity index is 730. The van der Waals surface area contributed by atoms with E-state index in [4.69, 9.17) is 13.9 Å². The third kappa shape index (κ3) is 6.75. The monoisotopic (exact) mass is 403 g/mol. The van der Waals surface area contributed by atoms with E-state index in [1.165, 1.54) is 0 Å². The molecule has 0 unspecified atom stereocenters. The molecule has 0 bridgehead atoms. The average Bonchev–Trinajstić information content (AvgIpc) is 3.21. The molecule has 3 rings (SSSR count). The molecule has 1 aliphatic rings. The Morgan fingerprint density at radius 3 is 2.55 bits per heavy atom. The SMILES string of the molecule is COc1ccc(CN(C)Cc2ccoc2)cc1OC[C@@H](O)CN1CCN(C)CC1. The van der Waals surface area contributed by atoms with E-state index in [2.05, 4.69) is 28.8 Å². The number of β-amino-alcohol motifs (C(OH)–C–C–N with tert-alkyl or cyclic N) is 1. The van der Waals surface area contributed by atoms with Gasteiger partial charge >= 0.3 is 0 Å². The lowest BCUT2D eigenvalue weighted by molar-refractivity contribution is 0.0497. The van der Waals surface area contributed by atoms with E-state index in [0.29, 0.717) is 18.0 Å². The van der Waals surface area contributed by atoms with E-state index in [1.54, 1.807) is 19.6 Å². The van der Waals surface area contributed by atoms with E-state index < -0.39 is 6.10 Å². The minimum Gasteiger partial charge on any atom is -0.493 e. The Hall–Kier alpha value is -2.06. The number of ether oxygens (including phenoxy) is 2. The molecule has 0 saturated carbocycles. The predicted octanol–water partition coefficient (Wildman–Crippen LogP) is 1.91. The number of benzene rings is 1. The number of furan rings is 1. The van der Waals surface area contributed by atoms with Crippen LogP contribution >= 0.6 is 0 Å². The van der Waals surface area contributed by atoms with Crippen LogP contribution < -0.4 is 9.47 Å². The van der Waals surface area contributed by atoms with Gasteiger partial charge in [0.1, 0.15) is 12.7 Å². The van der Waals surface area contributed by atoms with Crippen LogP contribution in [0, 0.1) is 0 Å². The van der Waals surface area contributed by atoms with Crippen molar-refractivity contribution in [1.29, 1.82) is 0 Å². The zero-order valence-corrected chi connectivity index (χ0v) is 17.7. The smallest absolute Gasteiger partial charge is 0.161 e. The summed E-state index contributed by atoms with van der Waals surface area (Å²) in [6, 6.07) is 7.93. The molecule has 1 N–H and O–H groups in total. The van der Waals surface area contributed by atoms with Crippen LogP contribution in [0.15, 0.2) is 41.2 Å². The molecule has 1 saturated heterocycles. The van der Waals surface area contributed by atoms with Gasteiger partial charge in [-0.3, -0.25) is 9.80 Å². The number of hydrogen-bond donors (Lipinski definition) is 1. The molecular formula is C22H33N3O4. The second-order valence-corrected chi connectivity index (χ2v) is 7.86. The zero-order valence-electron chi connectivity index (χ0n) is 17.7. The summed E-state index contributed by atoms with van der Waals surface area (Å²) < 4.78 is 16.5. The topological polar surface area (TPSA) is 61.6 Å². The second kappa shape index (κ2) is 10.6. The Labute approximate surface area is 173 Å². The van der Waals surface area contributed by atoms with Gasteiger partial charge in [0.2, 0.25) is 0 Å². The maximum atomic E-state index is 10.4. The highest BCUT2D eigenvalue weighted by molar-refractivity contribution is 5.43. The van der Waals surface area contributed by atoms with Crippen molar-refractivity contribution in [3.05, 3.63) is 47.9 Å². The molecule has 1 aromatic heterocycles. The predicted molar refractivity (Wildman–Crippen MR) is 112 cm³/mol.